The van der Waals surface area contributed by atoms with Crippen molar-refractivity contribution in [2.75, 3.05) is 19.6 Å². The fraction of sp³-hybridized carbons (Fsp3) is 1.00. The molecule has 2 N–H and O–H groups in total. The molecular weight excluding hydrogens is 184 g/mol. The van der Waals surface area contributed by atoms with Crippen LogP contribution in [-0.4, -0.2) is 25.7 Å². The Morgan fingerprint density at radius 3 is 2.67 bits per heavy atom. The Labute approximate surface area is 94.2 Å². The molecule has 1 saturated carbocycles. The van der Waals surface area contributed by atoms with Crippen LogP contribution in [0.25, 0.3) is 0 Å². The molecule has 2 fully saturated rings. The molecule has 0 aromatic carbocycles. The first-order chi connectivity index (χ1) is 7.09. The lowest BCUT2D eigenvalue weighted by Gasteiger charge is -2.37. The third-order valence-corrected chi connectivity index (χ3v) is 4.33. The molecule has 0 bridgehead atoms. The van der Waals surface area contributed by atoms with Crippen molar-refractivity contribution in [2.24, 2.45) is 17.3 Å². The van der Waals surface area contributed by atoms with E-state index in [1.165, 1.54) is 38.9 Å². The monoisotopic (exact) mass is 210 g/mol. The van der Waals surface area contributed by atoms with Gasteiger partial charge in [0.25, 0.3) is 0 Å². The summed E-state index contributed by atoms with van der Waals surface area (Å²) in [6.45, 7) is 10.8. The second kappa shape index (κ2) is 4.42. The van der Waals surface area contributed by atoms with Crippen LogP contribution in [0.2, 0.25) is 0 Å². The van der Waals surface area contributed by atoms with Crippen LogP contribution in [0, 0.1) is 17.3 Å². The van der Waals surface area contributed by atoms with Crippen molar-refractivity contribution in [3.05, 3.63) is 0 Å². The highest BCUT2D eigenvalue weighted by Crippen LogP contribution is 2.34. The average molecular weight is 210 g/mol. The minimum Gasteiger partial charge on any atom is -0.316 e. The largest absolute Gasteiger partial charge is 0.316 e. The molecule has 2 heteroatoms. The molecule has 0 amide bonds. The first-order valence-electron chi connectivity index (χ1n) is 6.54. The number of nitrogens with one attached hydrogen (secondary N) is 2. The van der Waals surface area contributed by atoms with Crippen LogP contribution in [0.3, 0.4) is 0 Å². The lowest BCUT2D eigenvalue weighted by molar-refractivity contribution is 0.165. The van der Waals surface area contributed by atoms with Gasteiger partial charge in [-0.05, 0) is 49.6 Å². The molecule has 0 spiro atoms. The SMILES string of the molecule is CC1CC1NCC(C)(C)C1CCCNC1. The summed E-state index contributed by atoms with van der Waals surface area (Å²) in [7, 11) is 0. The van der Waals surface area contributed by atoms with E-state index in [-0.39, 0.29) is 0 Å². The molecule has 0 aromatic heterocycles. The summed E-state index contributed by atoms with van der Waals surface area (Å²) in [6, 6.07) is 0.820. The summed E-state index contributed by atoms with van der Waals surface area (Å²) >= 11 is 0. The smallest absolute Gasteiger partial charge is 0.00966 e. The van der Waals surface area contributed by atoms with Crippen LogP contribution < -0.4 is 10.6 Å². The maximum Gasteiger partial charge on any atom is 0.00966 e. The summed E-state index contributed by atoms with van der Waals surface area (Å²) in [6.07, 6.45) is 4.15. The van der Waals surface area contributed by atoms with Crippen molar-refractivity contribution >= 4 is 0 Å². The van der Waals surface area contributed by atoms with Gasteiger partial charge in [-0.15, -0.1) is 0 Å². The number of piperidine rings is 1. The van der Waals surface area contributed by atoms with E-state index < -0.39 is 0 Å². The maximum absolute atomic E-state index is 3.72. The van der Waals surface area contributed by atoms with Crippen LogP contribution in [0.1, 0.15) is 40.0 Å². The summed E-state index contributed by atoms with van der Waals surface area (Å²) in [5.74, 6) is 1.78. The van der Waals surface area contributed by atoms with E-state index >= 15 is 0 Å². The van der Waals surface area contributed by atoms with Gasteiger partial charge in [-0.3, -0.25) is 0 Å². The Morgan fingerprint density at radius 1 is 1.40 bits per heavy atom. The molecule has 0 aromatic rings. The molecule has 2 nitrogen and oxygen atoms in total. The minimum absolute atomic E-state index is 0.454. The third-order valence-electron chi connectivity index (χ3n) is 4.33. The fourth-order valence-corrected chi connectivity index (χ4v) is 2.66. The van der Waals surface area contributed by atoms with E-state index in [0.717, 1.165) is 17.9 Å². The maximum atomic E-state index is 3.72. The van der Waals surface area contributed by atoms with Gasteiger partial charge in [0.2, 0.25) is 0 Å². The van der Waals surface area contributed by atoms with Crippen LogP contribution >= 0.6 is 0 Å². The Balaban J connectivity index is 1.76. The van der Waals surface area contributed by atoms with E-state index in [0.29, 0.717) is 5.41 Å². The third kappa shape index (κ3) is 2.94. The van der Waals surface area contributed by atoms with Gasteiger partial charge in [-0.25, -0.2) is 0 Å². The zero-order valence-electron chi connectivity index (χ0n) is 10.5. The first kappa shape index (κ1) is 11.4. The summed E-state index contributed by atoms with van der Waals surface area (Å²) < 4.78 is 0. The Kier molecular flexibility index (Phi) is 3.36. The molecule has 2 rings (SSSR count). The number of hydrogen-bond acceptors (Lipinski definition) is 2. The van der Waals surface area contributed by atoms with Gasteiger partial charge < -0.3 is 10.6 Å². The standard InChI is InChI=1S/C13H26N2/c1-10-7-12(10)15-9-13(2,3)11-5-4-6-14-8-11/h10-12,14-15H,4-9H2,1-3H3. The van der Waals surface area contributed by atoms with Crippen LogP contribution in [0.4, 0.5) is 0 Å². The predicted octanol–water partition coefficient (Wildman–Crippen LogP) is 2.01. The summed E-state index contributed by atoms with van der Waals surface area (Å²) in [4.78, 5) is 0. The first-order valence-corrected chi connectivity index (χ1v) is 6.54. The molecule has 0 radical (unpaired) electrons. The molecular formula is C13H26N2. The van der Waals surface area contributed by atoms with Gasteiger partial charge in [0.1, 0.15) is 0 Å². The molecule has 1 saturated heterocycles. The van der Waals surface area contributed by atoms with E-state index in [4.69, 9.17) is 0 Å². The zero-order chi connectivity index (χ0) is 10.9. The molecule has 1 aliphatic carbocycles. The molecule has 3 atom stereocenters. The predicted molar refractivity (Wildman–Crippen MR) is 64.9 cm³/mol. The van der Waals surface area contributed by atoms with Gasteiger partial charge in [-0.2, -0.15) is 0 Å². The minimum atomic E-state index is 0.454. The second-order valence-electron chi connectivity index (χ2n) is 6.23. The van der Waals surface area contributed by atoms with E-state index in [1.807, 2.05) is 0 Å². The van der Waals surface area contributed by atoms with Crippen molar-refractivity contribution in [3.63, 3.8) is 0 Å². The summed E-state index contributed by atoms with van der Waals surface area (Å²) in [5.41, 5.74) is 0.454. The van der Waals surface area contributed by atoms with Crippen LogP contribution in [0.5, 0.6) is 0 Å². The van der Waals surface area contributed by atoms with Gasteiger partial charge in [0.15, 0.2) is 0 Å². The Morgan fingerprint density at radius 2 is 2.13 bits per heavy atom. The Hall–Kier alpha value is -0.0800. The average Bonchev–Trinajstić information content (AvgIpc) is 2.93. The van der Waals surface area contributed by atoms with E-state index in [1.54, 1.807) is 0 Å². The second-order valence-corrected chi connectivity index (χ2v) is 6.23. The lowest BCUT2D eigenvalue weighted by atomic mass is 9.75. The van der Waals surface area contributed by atoms with Gasteiger partial charge in [0, 0.05) is 12.6 Å². The highest BCUT2D eigenvalue weighted by molar-refractivity contribution is 4.93. The number of hydrogen-bond donors (Lipinski definition) is 2. The molecule has 3 unspecified atom stereocenters. The highest BCUT2D eigenvalue weighted by Gasteiger charge is 2.36. The quantitative estimate of drug-likeness (QED) is 0.742. The highest BCUT2D eigenvalue weighted by atomic mass is 15.0. The lowest BCUT2D eigenvalue weighted by Crippen LogP contribution is -2.44. The molecule has 1 aliphatic heterocycles. The topological polar surface area (TPSA) is 24.1 Å². The summed E-state index contributed by atoms with van der Waals surface area (Å²) in [5, 5.41) is 7.24. The Bertz CT molecular complexity index is 207. The van der Waals surface area contributed by atoms with Crippen molar-refractivity contribution in [2.45, 2.75) is 46.1 Å². The molecule has 1 heterocycles. The van der Waals surface area contributed by atoms with Crippen molar-refractivity contribution in [1.29, 1.82) is 0 Å². The van der Waals surface area contributed by atoms with Gasteiger partial charge in [0.05, 0.1) is 0 Å². The van der Waals surface area contributed by atoms with E-state index in [2.05, 4.69) is 31.4 Å². The van der Waals surface area contributed by atoms with E-state index in [9.17, 15) is 0 Å². The van der Waals surface area contributed by atoms with Gasteiger partial charge >= 0.3 is 0 Å². The fourth-order valence-electron chi connectivity index (χ4n) is 2.66. The van der Waals surface area contributed by atoms with Crippen LogP contribution in [-0.2, 0) is 0 Å². The van der Waals surface area contributed by atoms with Crippen molar-refractivity contribution in [3.8, 4) is 0 Å². The molecule has 2 aliphatic rings. The number of rotatable bonds is 4. The van der Waals surface area contributed by atoms with Crippen LogP contribution in [0.15, 0.2) is 0 Å². The van der Waals surface area contributed by atoms with Gasteiger partial charge in [-0.1, -0.05) is 20.8 Å². The van der Waals surface area contributed by atoms with Crippen molar-refractivity contribution in [1.82, 2.24) is 10.6 Å². The molecule has 88 valence electrons. The normalized spacial score (nSPS) is 36.6. The molecule has 15 heavy (non-hydrogen) atoms. The van der Waals surface area contributed by atoms with Crippen molar-refractivity contribution < 1.29 is 0 Å². The zero-order valence-corrected chi connectivity index (χ0v) is 10.5.